The number of imidazole rings is 1. The molecule has 0 unspecified atom stereocenters. The molecule has 0 N–H and O–H groups in total. The fraction of sp³-hybridized carbons (Fsp3) is 0.185. The van der Waals surface area contributed by atoms with Gasteiger partial charge in [0.1, 0.15) is 5.65 Å². The van der Waals surface area contributed by atoms with Crippen molar-refractivity contribution in [2.45, 2.75) is 6.92 Å². The van der Waals surface area contributed by atoms with Gasteiger partial charge in [-0.1, -0.05) is 30.3 Å². The van der Waals surface area contributed by atoms with Crippen LogP contribution in [0.4, 0.5) is 5.69 Å². The van der Waals surface area contributed by atoms with Gasteiger partial charge in [-0.15, -0.1) is 0 Å². The number of anilines is 1. The van der Waals surface area contributed by atoms with Crippen LogP contribution < -0.4 is 4.90 Å². The molecule has 32 heavy (non-hydrogen) atoms. The van der Waals surface area contributed by atoms with Gasteiger partial charge in [0.05, 0.1) is 30.6 Å². The van der Waals surface area contributed by atoms with E-state index in [-0.39, 0.29) is 0 Å². The largest absolute Gasteiger partial charge is 0.378 e. The molecule has 4 heterocycles. The summed E-state index contributed by atoms with van der Waals surface area (Å²) in [6.07, 6.45) is 4.08. The molecule has 3 aromatic heterocycles. The summed E-state index contributed by atoms with van der Waals surface area (Å²) < 4.78 is 7.62. The first-order valence-electron chi connectivity index (χ1n) is 11.0. The molecule has 0 saturated carbocycles. The second kappa shape index (κ2) is 7.77. The molecule has 5 aromatic rings. The van der Waals surface area contributed by atoms with Crippen LogP contribution in [0.3, 0.4) is 0 Å². The summed E-state index contributed by atoms with van der Waals surface area (Å²) in [5.74, 6) is 0. The van der Waals surface area contributed by atoms with Crippen LogP contribution in [0.15, 0.2) is 79.1 Å². The third-order valence-electron chi connectivity index (χ3n) is 6.21. The zero-order chi connectivity index (χ0) is 21.5. The van der Waals surface area contributed by atoms with E-state index in [9.17, 15) is 0 Å². The lowest BCUT2D eigenvalue weighted by molar-refractivity contribution is 0.122. The minimum Gasteiger partial charge on any atom is -0.378 e. The van der Waals surface area contributed by atoms with Crippen molar-refractivity contribution < 1.29 is 4.74 Å². The van der Waals surface area contributed by atoms with E-state index in [4.69, 9.17) is 9.72 Å². The van der Waals surface area contributed by atoms with Gasteiger partial charge in [-0.25, -0.2) is 4.98 Å². The molecule has 0 aliphatic carbocycles. The summed E-state index contributed by atoms with van der Waals surface area (Å²) in [6, 6.07) is 23.5. The number of morpholine rings is 1. The van der Waals surface area contributed by atoms with E-state index < -0.39 is 0 Å². The van der Waals surface area contributed by atoms with Gasteiger partial charge in [0.25, 0.3) is 0 Å². The molecule has 2 aromatic carbocycles. The van der Waals surface area contributed by atoms with Gasteiger partial charge in [0.2, 0.25) is 0 Å². The summed E-state index contributed by atoms with van der Waals surface area (Å²) >= 11 is 0. The lowest BCUT2D eigenvalue weighted by atomic mass is 10.0. The van der Waals surface area contributed by atoms with Gasteiger partial charge in [-0.3, -0.25) is 9.38 Å². The van der Waals surface area contributed by atoms with Gasteiger partial charge in [-0.2, -0.15) is 0 Å². The first-order valence-corrected chi connectivity index (χ1v) is 11.0. The zero-order valence-electron chi connectivity index (χ0n) is 18.0. The maximum absolute atomic E-state index is 5.46. The molecule has 0 atom stereocenters. The lowest BCUT2D eigenvalue weighted by Crippen LogP contribution is -2.36. The van der Waals surface area contributed by atoms with Crippen LogP contribution >= 0.6 is 0 Å². The average molecular weight is 421 g/mol. The normalized spacial score (nSPS) is 14.3. The van der Waals surface area contributed by atoms with Gasteiger partial charge >= 0.3 is 0 Å². The Labute approximate surface area is 186 Å². The number of ether oxygens (including phenoxy) is 1. The molecule has 5 heteroatoms. The van der Waals surface area contributed by atoms with Crippen molar-refractivity contribution >= 4 is 22.2 Å². The van der Waals surface area contributed by atoms with Crippen LogP contribution in [0, 0.1) is 6.92 Å². The number of nitrogens with zero attached hydrogens (tertiary/aromatic N) is 4. The molecular weight excluding hydrogens is 396 g/mol. The second-order valence-electron chi connectivity index (χ2n) is 8.26. The Kier molecular flexibility index (Phi) is 4.62. The van der Waals surface area contributed by atoms with Crippen LogP contribution in [0.1, 0.15) is 5.69 Å². The van der Waals surface area contributed by atoms with E-state index in [1.807, 2.05) is 19.2 Å². The third kappa shape index (κ3) is 3.31. The number of hydrogen-bond donors (Lipinski definition) is 0. The zero-order valence-corrected chi connectivity index (χ0v) is 18.0. The highest BCUT2D eigenvalue weighted by atomic mass is 16.5. The highest BCUT2D eigenvalue weighted by Gasteiger charge is 2.13. The van der Waals surface area contributed by atoms with Gasteiger partial charge in [0.15, 0.2) is 0 Å². The van der Waals surface area contributed by atoms with E-state index in [1.54, 1.807) is 0 Å². The molecule has 0 amide bonds. The number of aromatic nitrogens is 3. The molecule has 0 bridgehead atoms. The molecule has 0 spiro atoms. The Hall–Kier alpha value is -3.70. The number of pyridine rings is 2. The van der Waals surface area contributed by atoms with Gasteiger partial charge in [0, 0.05) is 41.6 Å². The average Bonchev–Trinajstić information content (AvgIpc) is 3.27. The van der Waals surface area contributed by atoms with Crippen molar-refractivity contribution in [2.75, 3.05) is 31.2 Å². The predicted molar refractivity (Wildman–Crippen MR) is 129 cm³/mol. The third-order valence-corrected chi connectivity index (χ3v) is 6.21. The van der Waals surface area contributed by atoms with Gasteiger partial charge in [-0.05, 0) is 54.4 Å². The molecule has 1 saturated heterocycles. The number of aryl methyl sites for hydroxylation is 1. The van der Waals surface area contributed by atoms with Crippen molar-refractivity contribution in [1.82, 2.24) is 14.4 Å². The van der Waals surface area contributed by atoms with E-state index in [1.165, 1.54) is 16.8 Å². The quantitative estimate of drug-likeness (QED) is 0.394. The minimum absolute atomic E-state index is 0.799. The number of rotatable bonds is 3. The molecule has 0 radical (unpaired) electrons. The van der Waals surface area contributed by atoms with Crippen LogP contribution in [0.5, 0.6) is 0 Å². The summed E-state index contributed by atoms with van der Waals surface area (Å²) in [6.45, 7) is 5.54. The smallest absolute Gasteiger partial charge is 0.137 e. The van der Waals surface area contributed by atoms with Crippen molar-refractivity contribution in [2.24, 2.45) is 0 Å². The Morgan fingerprint density at radius 3 is 2.53 bits per heavy atom. The highest BCUT2D eigenvalue weighted by Crippen LogP contribution is 2.31. The first-order chi connectivity index (χ1) is 15.8. The van der Waals surface area contributed by atoms with Gasteiger partial charge < -0.3 is 9.64 Å². The van der Waals surface area contributed by atoms with Crippen molar-refractivity contribution in [3.05, 3.63) is 84.8 Å². The molecule has 158 valence electrons. The topological polar surface area (TPSA) is 42.7 Å². The van der Waals surface area contributed by atoms with E-state index in [0.717, 1.165) is 59.8 Å². The fourth-order valence-corrected chi connectivity index (χ4v) is 4.57. The maximum atomic E-state index is 5.46. The number of fused-ring (bicyclic) bond motifs is 2. The Morgan fingerprint density at radius 1 is 0.875 bits per heavy atom. The SMILES string of the molecule is Cc1cc(-c2cnc3cc(-c4ccc(N5CCOCC5)cc4)ccn23)c2ccccc2n1. The Balaban J connectivity index is 1.37. The van der Waals surface area contributed by atoms with Crippen LogP contribution in [-0.4, -0.2) is 40.7 Å². The van der Waals surface area contributed by atoms with Crippen LogP contribution in [-0.2, 0) is 4.74 Å². The predicted octanol–water partition coefficient (Wildman–Crippen LogP) is 5.36. The highest BCUT2D eigenvalue weighted by molar-refractivity contribution is 5.94. The molecule has 5 nitrogen and oxygen atoms in total. The molecule has 1 aliphatic heterocycles. The van der Waals surface area contributed by atoms with Crippen LogP contribution in [0.25, 0.3) is 38.9 Å². The van der Waals surface area contributed by atoms with Crippen molar-refractivity contribution in [3.63, 3.8) is 0 Å². The van der Waals surface area contributed by atoms with Crippen molar-refractivity contribution in [1.29, 1.82) is 0 Å². The van der Waals surface area contributed by atoms with Crippen LogP contribution in [0.2, 0.25) is 0 Å². The molecule has 1 fully saturated rings. The maximum Gasteiger partial charge on any atom is 0.137 e. The van der Waals surface area contributed by atoms with Crippen molar-refractivity contribution in [3.8, 4) is 22.4 Å². The number of para-hydroxylation sites is 1. The Bertz CT molecular complexity index is 1420. The first kappa shape index (κ1) is 19.0. The summed E-state index contributed by atoms with van der Waals surface area (Å²) in [7, 11) is 0. The standard InChI is InChI=1S/C27H24N4O/c1-19-16-24(23-4-2-3-5-25(23)29-19)26-18-28-27-17-21(10-11-31(26)27)20-6-8-22(9-7-20)30-12-14-32-15-13-30/h2-11,16-18H,12-15H2,1H3. The second-order valence-corrected chi connectivity index (χ2v) is 8.26. The number of benzene rings is 2. The fourth-order valence-electron chi connectivity index (χ4n) is 4.57. The Morgan fingerprint density at radius 2 is 1.69 bits per heavy atom. The monoisotopic (exact) mass is 420 g/mol. The summed E-state index contributed by atoms with van der Waals surface area (Å²) in [5, 5.41) is 1.14. The molecule has 1 aliphatic rings. The number of hydrogen-bond acceptors (Lipinski definition) is 4. The molecular formula is C27H24N4O. The van der Waals surface area contributed by atoms with E-state index in [0.29, 0.717) is 0 Å². The molecule has 6 rings (SSSR count). The summed E-state index contributed by atoms with van der Waals surface area (Å²) in [4.78, 5) is 11.8. The summed E-state index contributed by atoms with van der Waals surface area (Å²) in [5.41, 5.74) is 8.80. The minimum atomic E-state index is 0.799. The van der Waals surface area contributed by atoms with E-state index in [2.05, 4.69) is 81.1 Å². The lowest BCUT2D eigenvalue weighted by Gasteiger charge is -2.28. The van der Waals surface area contributed by atoms with E-state index >= 15 is 0 Å².